The second kappa shape index (κ2) is 9.41. The average molecular weight is 398 g/mol. The van der Waals surface area contributed by atoms with Gasteiger partial charge in [-0.3, -0.25) is 4.79 Å². The summed E-state index contributed by atoms with van der Waals surface area (Å²) < 4.78 is 12.5. The van der Waals surface area contributed by atoms with E-state index in [4.69, 9.17) is 9.47 Å². The number of ether oxygens (including phenoxy) is 2. The summed E-state index contributed by atoms with van der Waals surface area (Å²) in [6.07, 6.45) is 0. The number of nitrogens with zero attached hydrogens (tertiary/aromatic N) is 3. The summed E-state index contributed by atoms with van der Waals surface area (Å²) in [6.45, 7) is 4.85. The zero-order valence-electron chi connectivity index (χ0n) is 16.2. The van der Waals surface area contributed by atoms with Crippen LogP contribution in [0.5, 0.6) is 5.75 Å². The highest BCUT2D eigenvalue weighted by molar-refractivity contribution is 8.00. The van der Waals surface area contributed by atoms with Crippen LogP contribution in [0, 0.1) is 0 Å². The highest BCUT2D eigenvalue weighted by atomic mass is 32.2. The van der Waals surface area contributed by atoms with Crippen molar-refractivity contribution >= 4 is 17.7 Å². The Hall–Kier alpha value is -2.80. The van der Waals surface area contributed by atoms with Crippen LogP contribution in [0.4, 0.5) is 0 Å². The second-order valence-corrected chi connectivity index (χ2v) is 7.01. The Bertz CT molecular complexity index is 910. The topological polar surface area (TPSA) is 66.2 Å². The summed E-state index contributed by atoms with van der Waals surface area (Å²) >= 11 is 1.35. The fraction of sp³-hybridized carbons (Fsp3) is 0.286. The van der Waals surface area contributed by atoms with Crippen LogP contribution >= 0.6 is 11.8 Å². The Kier molecular flexibility index (Phi) is 6.71. The van der Waals surface area contributed by atoms with Gasteiger partial charge in [-0.25, -0.2) is 0 Å². The minimum absolute atomic E-state index is 0.282. The molecular formula is C21H23N3O3S. The SMILES string of the molecule is CCOC(=O)[C@H](Sc1nnc(-c2ccc(OC)cc2)n1CC)c1ccccc1. The van der Waals surface area contributed by atoms with E-state index >= 15 is 0 Å². The quantitative estimate of drug-likeness (QED) is 0.415. The molecule has 1 aromatic heterocycles. The molecule has 7 heteroatoms. The maximum absolute atomic E-state index is 12.6. The fourth-order valence-corrected chi connectivity index (χ4v) is 3.92. The van der Waals surface area contributed by atoms with Gasteiger partial charge in [-0.1, -0.05) is 42.1 Å². The lowest BCUT2D eigenvalue weighted by Crippen LogP contribution is -2.14. The van der Waals surface area contributed by atoms with E-state index in [0.29, 0.717) is 18.3 Å². The van der Waals surface area contributed by atoms with Crippen LogP contribution in [0.15, 0.2) is 59.8 Å². The maximum atomic E-state index is 12.6. The number of aromatic nitrogens is 3. The largest absolute Gasteiger partial charge is 0.497 e. The minimum Gasteiger partial charge on any atom is -0.497 e. The average Bonchev–Trinajstić information content (AvgIpc) is 3.15. The van der Waals surface area contributed by atoms with Gasteiger partial charge in [-0.15, -0.1) is 10.2 Å². The van der Waals surface area contributed by atoms with Crippen molar-refractivity contribution in [3.05, 3.63) is 60.2 Å². The van der Waals surface area contributed by atoms with Crippen LogP contribution in [0.2, 0.25) is 0 Å². The molecule has 0 aliphatic heterocycles. The molecule has 3 rings (SSSR count). The van der Waals surface area contributed by atoms with E-state index in [2.05, 4.69) is 10.2 Å². The number of carbonyl (C=O) groups excluding carboxylic acids is 1. The lowest BCUT2D eigenvalue weighted by atomic mass is 10.1. The molecule has 0 fully saturated rings. The lowest BCUT2D eigenvalue weighted by molar-refractivity contribution is -0.142. The zero-order valence-corrected chi connectivity index (χ0v) is 17.0. The van der Waals surface area contributed by atoms with Gasteiger partial charge < -0.3 is 14.0 Å². The summed E-state index contributed by atoms with van der Waals surface area (Å²) in [5.41, 5.74) is 1.82. The molecule has 0 spiro atoms. The molecule has 0 radical (unpaired) electrons. The minimum atomic E-state index is -0.501. The molecule has 28 heavy (non-hydrogen) atoms. The van der Waals surface area contributed by atoms with E-state index < -0.39 is 5.25 Å². The highest BCUT2D eigenvalue weighted by Gasteiger charge is 2.26. The number of methoxy groups -OCH3 is 1. The van der Waals surface area contributed by atoms with Crippen LogP contribution in [-0.2, 0) is 16.1 Å². The zero-order chi connectivity index (χ0) is 19.9. The van der Waals surface area contributed by atoms with Crippen LogP contribution in [0.3, 0.4) is 0 Å². The van der Waals surface area contributed by atoms with Crippen LogP contribution < -0.4 is 4.74 Å². The molecule has 6 nitrogen and oxygen atoms in total. The second-order valence-electron chi connectivity index (χ2n) is 5.94. The predicted octanol–water partition coefficient (Wildman–Crippen LogP) is 4.37. The summed E-state index contributed by atoms with van der Waals surface area (Å²) in [7, 11) is 1.64. The van der Waals surface area contributed by atoms with Crippen molar-refractivity contribution in [2.75, 3.05) is 13.7 Å². The summed E-state index contributed by atoms with van der Waals surface area (Å²) in [6, 6.07) is 17.3. The third kappa shape index (κ3) is 4.36. The van der Waals surface area contributed by atoms with Crippen molar-refractivity contribution in [2.24, 2.45) is 0 Å². The van der Waals surface area contributed by atoms with Crippen molar-refractivity contribution < 1.29 is 14.3 Å². The van der Waals surface area contributed by atoms with E-state index in [0.717, 1.165) is 22.7 Å². The molecule has 0 amide bonds. The van der Waals surface area contributed by atoms with E-state index in [9.17, 15) is 4.79 Å². The fourth-order valence-electron chi connectivity index (χ4n) is 2.82. The predicted molar refractivity (Wildman–Crippen MR) is 109 cm³/mol. The van der Waals surface area contributed by atoms with Crippen molar-refractivity contribution in [3.8, 4) is 17.1 Å². The third-order valence-corrected chi connectivity index (χ3v) is 5.42. The monoisotopic (exact) mass is 397 g/mol. The normalized spacial score (nSPS) is 11.8. The molecule has 0 unspecified atom stereocenters. The van der Waals surface area contributed by atoms with E-state index in [-0.39, 0.29) is 5.97 Å². The van der Waals surface area contributed by atoms with Crippen LogP contribution in [-0.4, -0.2) is 34.5 Å². The molecule has 0 aliphatic rings. The van der Waals surface area contributed by atoms with Gasteiger partial charge in [0.05, 0.1) is 13.7 Å². The van der Waals surface area contributed by atoms with Gasteiger partial charge in [0, 0.05) is 12.1 Å². The summed E-state index contributed by atoms with van der Waals surface area (Å²) in [5, 5.41) is 8.89. The lowest BCUT2D eigenvalue weighted by Gasteiger charge is -2.16. The molecule has 2 aromatic carbocycles. The van der Waals surface area contributed by atoms with Crippen molar-refractivity contribution in [2.45, 2.75) is 30.8 Å². The Morgan fingerprint density at radius 3 is 2.39 bits per heavy atom. The van der Waals surface area contributed by atoms with Crippen molar-refractivity contribution in [3.63, 3.8) is 0 Å². The first-order chi connectivity index (χ1) is 13.7. The first-order valence-electron chi connectivity index (χ1n) is 9.13. The van der Waals surface area contributed by atoms with E-state index in [1.54, 1.807) is 14.0 Å². The molecule has 0 bridgehead atoms. The Morgan fingerprint density at radius 1 is 1.07 bits per heavy atom. The number of rotatable bonds is 8. The molecule has 0 N–H and O–H groups in total. The van der Waals surface area contributed by atoms with E-state index in [1.165, 1.54) is 11.8 Å². The number of benzene rings is 2. The standard InChI is InChI=1S/C21H23N3O3S/c1-4-24-19(16-11-13-17(26-3)14-12-16)22-23-21(24)28-18(20(25)27-5-2)15-9-7-6-8-10-15/h6-14,18H,4-5H2,1-3H3/t18-/m1/s1. The number of carbonyl (C=O) groups is 1. The van der Waals surface area contributed by atoms with Gasteiger partial charge in [0.2, 0.25) is 0 Å². The summed E-state index contributed by atoms with van der Waals surface area (Å²) in [4.78, 5) is 12.6. The molecule has 0 saturated carbocycles. The molecule has 3 aromatic rings. The molecule has 0 aliphatic carbocycles. The molecular weight excluding hydrogens is 374 g/mol. The Morgan fingerprint density at radius 2 is 1.79 bits per heavy atom. The Balaban J connectivity index is 1.93. The van der Waals surface area contributed by atoms with Gasteiger partial charge in [0.25, 0.3) is 0 Å². The molecule has 1 atom stereocenters. The third-order valence-electron chi connectivity index (χ3n) is 4.21. The van der Waals surface area contributed by atoms with Gasteiger partial charge in [-0.2, -0.15) is 0 Å². The van der Waals surface area contributed by atoms with Gasteiger partial charge in [-0.05, 0) is 43.7 Å². The van der Waals surface area contributed by atoms with E-state index in [1.807, 2.05) is 66.1 Å². The number of hydrogen-bond donors (Lipinski definition) is 0. The Labute approximate surface area is 168 Å². The van der Waals surface area contributed by atoms with Crippen molar-refractivity contribution in [1.29, 1.82) is 0 Å². The maximum Gasteiger partial charge on any atom is 0.324 e. The number of esters is 1. The first kappa shape index (κ1) is 19.9. The smallest absolute Gasteiger partial charge is 0.324 e. The summed E-state index contributed by atoms with van der Waals surface area (Å²) in [5.74, 6) is 1.26. The molecule has 1 heterocycles. The number of hydrogen-bond acceptors (Lipinski definition) is 6. The highest BCUT2D eigenvalue weighted by Crippen LogP contribution is 2.37. The first-order valence-corrected chi connectivity index (χ1v) is 10.0. The van der Waals surface area contributed by atoms with Gasteiger partial charge in [0.15, 0.2) is 11.0 Å². The number of thioether (sulfide) groups is 1. The van der Waals surface area contributed by atoms with Gasteiger partial charge >= 0.3 is 5.97 Å². The van der Waals surface area contributed by atoms with Crippen LogP contribution in [0.25, 0.3) is 11.4 Å². The van der Waals surface area contributed by atoms with Gasteiger partial charge in [0.1, 0.15) is 11.0 Å². The van der Waals surface area contributed by atoms with Crippen LogP contribution in [0.1, 0.15) is 24.7 Å². The molecule has 0 saturated heterocycles. The molecule has 146 valence electrons. The van der Waals surface area contributed by atoms with Crippen molar-refractivity contribution in [1.82, 2.24) is 14.8 Å².